The second kappa shape index (κ2) is 11.3. The van der Waals surface area contributed by atoms with E-state index < -0.39 is 3.55 Å². The first kappa shape index (κ1) is 26.2. The summed E-state index contributed by atoms with van der Waals surface area (Å²) in [5.74, 6) is 2.02. The third-order valence-corrected chi connectivity index (χ3v) is 7.17. The van der Waals surface area contributed by atoms with Gasteiger partial charge in [0.15, 0.2) is 0 Å². The van der Waals surface area contributed by atoms with Gasteiger partial charge < -0.3 is 14.6 Å². The summed E-state index contributed by atoms with van der Waals surface area (Å²) in [4.78, 5) is 17.8. The molecule has 0 aliphatic heterocycles. The van der Waals surface area contributed by atoms with Crippen LogP contribution in [-0.2, 0) is 21.4 Å². The van der Waals surface area contributed by atoms with Crippen molar-refractivity contribution in [2.75, 3.05) is 0 Å². The molecule has 0 saturated heterocycles. The number of pyridine rings is 1. The average Bonchev–Trinajstić information content (AvgIpc) is 3.09. The number of benzene rings is 1. The Kier molecular flexibility index (Phi) is 8.73. The first-order chi connectivity index (χ1) is 16.1. The Morgan fingerprint density at radius 1 is 1.18 bits per heavy atom. The van der Waals surface area contributed by atoms with E-state index in [2.05, 4.69) is 59.9 Å². The van der Waals surface area contributed by atoms with Gasteiger partial charge in [0.1, 0.15) is 21.7 Å². The molecule has 1 aromatic carbocycles. The molecule has 3 aromatic rings. The van der Waals surface area contributed by atoms with Crippen LogP contribution in [0.15, 0.2) is 41.1 Å². The van der Waals surface area contributed by atoms with E-state index in [9.17, 15) is 4.79 Å². The highest BCUT2D eigenvalue weighted by Gasteiger charge is 2.33. The summed E-state index contributed by atoms with van der Waals surface area (Å²) in [5.41, 5.74) is 5.87. The number of hydrogen-bond acceptors (Lipinski definition) is 5. The Bertz CT molecular complexity index is 1110. The molecule has 0 bridgehead atoms. The molecule has 2 heterocycles. The quantitative estimate of drug-likeness (QED) is 0.175. The van der Waals surface area contributed by atoms with Crippen molar-refractivity contribution in [1.82, 2.24) is 15.5 Å². The van der Waals surface area contributed by atoms with Crippen LogP contribution in [0.4, 0.5) is 0 Å². The molecule has 34 heavy (non-hydrogen) atoms. The minimum Gasteiger partial charge on any atom is -0.489 e. The Hall–Kier alpha value is -2.42. The minimum absolute atomic E-state index is 0.0238. The zero-order chi connectivity index (χ0) is 24.9. The summed E-state index contributed by atoms with van der Waals surface area (Å²) < 4.78 is 10.5. The zero-order valence-electron chi connectivity index (χ0n) is 20.9. The van der Waals surface area contributed by atoms with Gasteiger partial charge in [-0.2, -0.15) is 0 Å². The fraction of sp³-hybridized carbons (Fsp3) is 0.444. The van der Waals surface area contributed by atoms with E-state index in [0.717, 1.165) is 58.0 Å². The molecule has 0 fully saturated rings. The van der Waals surface area contributed by atoms with Crippen LogP contribution < -0.4 is 10.1 Å². The lowest BCUT2D eigenvalue weighted by Gasteiger charge is -2.31. The highest BCUT2D eigenvalue weighted by atomic mass is 127. The van der Waals surface area contributed by atoms with Crippen LogP contribution in [0.2, 0.25) is 0 Å². The molecule has 7 heteroatoms. The van der Waals surface area contributed by atoms with Crippen LogP contribution in [-0.4, -0.2) is 16.0 Å². The molecule has 0 spiro atoms. The van der Waals surface area contributed by atoms with Crippen molar-refractivity contribution >= 4 is 28.5 Å². The maximum Gasteiger partial charge on any atom is 0.225 e. The number of carbonyl (C=O) groups is 1. The first-order valence-electron chi connectivity index (χ1n) is 11.6. The van der Waals surface area contributed by atoms with Crippen LogP contribution in [0.25, 0.3) is 0 Å². The topological polar surface area (TPSA) is 77.2 Å². The molecule has 0 saturated carbocycles. The highest BCUT2D eigenvalue weighted by Crippen LogP contribution is 2.36. The van der Waals surface area contributed by atoms with Gasteiger partial charge in [-0.1, -0.05) is 37.2 Å². The second-order valence-electron chi connectivity index (χ2n) is 9.37. The molecule has 1 amide bonds. The molecule has 3 rings (SSSR count). The van der Waals surface area contributed by atoms with E-state index in [4.69, 9.17) is 14.2 Å². The number of ether oxygens (including phenoxy) is 1. The highest BCUT2D eigenvalue weighted by molar-refractivity contribution is 14.1. The molecule has 182 valence electrons. The van der Waals surface area contributed by atoms with Crippen LogP contribution in [0, 0.1) is 33.6 Å². The van der Waals surface area contributed by atoms with Gasteiger partial charge in [-0.3, -0.25) is 9.78 Å². The van der Waals surface area contributed by atoms with Crippen molar-refractivity contribution in [3.8, 4) is 5.75 Å². The molecular weight excluding hydrogens is 541 g/mol. The SMILES string of the molecule is Cc1cnc(C(I)(CCC(C)C)NC(=O)Cc2ccc(OCc3c(C)noc3C)cc2)c(C)c1. The number of aryl methyl sites for hydroxylation is 4. The fourth-order valence-electron chi connectivity index (χ4n) is 3.88. The molecule has 1 unspecified atom stereocenters. The molecule has 6 nitrogen and oxygen atoms in total. The van der Waals surface area contributed by atoms with Gasteiger partial charge in [0.05, 0.1) is 23.4 Å². The lowest BCUT2D eigenvalue weighted by molar-refractivity contribution is -0.121. The summed E-state index contributed by atoms with van der Waals surface area (Å²) in [6, 6.07) is 9.77. The van der Waals surface area contributed by atoms with Crippen molar-refractivity contribution in [2.24, 2.45) is 5.92 Å². The van der Waals surface area contributed by atoms with Crippen LogP contribution >= 0.6 is 22.6 Å². The minimum atomic E-state index is -0.547. The predicted molar refractivity (Wildman–Crippen MR) is 142 cm³/mol. The summed E-state index contributed by atoms with van der Waals surface area (Å²) in [7, 11) is 0. The van der Waals surface area contributed by atoms with Gasteiger partial charge in [0.25, 0.3) is 0 Å². The van der Waals surface area contributed by atoms with Gasteiger partial charge >= 0.3 is 0 Å². The van der Waals surface area contributed by atoms with Gasteiger partial charge in [0, 0.05) is 6.20 Å². The molecule has 0 radical (unpaired) electrons. The maximum atomic E-state index is 13.1. The number of halogens is 1. The predicted octanol–water partition coefficient (Wildman–Crippen LogP) is 6.27. The number of carbonyl (C=O) groups excluding carboxylic acids is 1. The summed E-state index contributed by atoms with van der Waals surface area (Å²) >= 11 is 2.37. The van der Waals surface area contributed by atoms with E-state index in [1.165, 1.54) is 0 Å². The van der Waals surface area contributed by atoms with Crippen LogP contribution in [0.3, 0.4) is 0 Å². The third-order valence-electron chi connectivity index (χ3n) is 5.85. The standard InChI is InChI=1S/C27H34IN3O3/c1-17(2)11-12-27(28,26-19(4)13-18(3)15-29-26)30-25(32)14-22-7-9-23(10-8-22)33-16-24-20(5)31-34-21(24)6/h7-10,13,15,17H,11-12,14,16H2,1-6H3,(H,30,32). The van der Waals surface area contributed by atoms with Crippen molar-refractivity contribution < 1.29 is 14.1 Å². The Morgan fingerprint density at radius 3 is 2.47 bits per heavy atom. The first-order valence-corrected chi connectivity index (χ1v) is 12.7. The smallest absolute Gasteiger partial charge is 0.225 e. The number of nitrogens with zero attached hydrogens (tertiary/aromatic N) is 2. The van der Waals surface area contributed by atoms with Gasteiger partial charge in [-0.25, -0.2) is 0 Å². The molecule has 1 N–H and O–H groups in total. The van der Waals surface area contributed by atoms with E-state index in [0.29, 0.717) is 18.9 Å². The molecule has 1 atom stereocenters. The van der Waals surface area contributed by atoms with E-state index in [-0.39, 0.29) is 5.91 Å². The number of amides is 1. The van der Waals surface area contributed by atoms with Crippen LogP contribution in [0.5, 0.6) is 5.75 Å². The van der Waals surface area contributed by atoms with Crippen molar-refractivity contribution in [1.29, 1.82) is 0 Å². The lowest BCUT2D eigenvalue weighted by atomic mass is 9.97. The fourth-order valence-corrected chi connectivity index (χ4v) is 5.05. The monoisotopic (exact) mass is 575 g/mol. The Morgan fingerprint density at radius 2 is 1.88 bits per heavy atom. The number of rotatable bonds is 10. The normalized spacial score (nSPS) is 13.1. The number of hydrogen-bond donors (Lipinski definition) is 1. The number of alkyl halides is 1. The Balaban J connectivity index is 1.66. The summed E-state index contributed by atoms with van der Waals surface area (Å²) in [6.45, 7) is 12.7. The van der Waals surface area contributed by atoms with Crippen molar-refractivity contribution in [2.45, 2.75) is 71.0 Å². The largest absolute Gasteiger partial charge is 0.489 e. The Labute approximate surface area is 216 Å². The van der Waals surface area contributed by atoms with E-state index >= 15 is 0 Å². The van der Waals surface area contributed by atoms with Gasteiger partial charge in [-0.05, 0) is 97.9 Å². The van der Waals surface area contributed by atoms with E-state index in [1.807, 2.05) is 51.2 Å². The number of aromatic nitrogens is 2. The molecule has 0 aliphatic carbocycles. The van der Waals surface area contributed by atoms with E-state index in [1.54, 1.807) is 0 Å². The number of nitrogens with one attached hydrogen (secondary N) is 1. The molecule has 2 aromatic heterocycles. The van der Waals surface area contributed by atoms with Crippen molar-refractivity contribution in [3.05, 3.63) is 75.9 Å². The molecular formula is C27H34IN3O3. The average molecular weight is 575 g/mol. The second-order valence-corrected chi connectivity index (χ2v) is 11.2. The van der Waals surface area contributed by atoms with Crippen LogP contribution in [0.1, 0.15) is 66.1 Å². The lowest BCUT2D eigenvalue weighted by Crippen LogP contribution is -2.43. The van der Waals surface area contributed by atoms with Crippen molar-refractivity contribution in [3.63, 3.8) is 0 Å². The molecule has 0 aliphatic rings. The summed E-state index contributed by atoms with van der Waals surface area (Å²) in [5, 5.41) is 7.24. The zero-order valence-corrected chi connectivity index (χ0v) is 23.0. The maximum absolute atomic E-state index is 13.1. The third kappa shape index (κ3) is 6.81. The van der Waals surface area contributed by atoms with Gasteiger partial charge in [-0.15, -0.1) is 0 Å². The summed E-state index contributed by atoms with van der Waals surface area (Å²) in [6.07, 6.45) is 3.98. The van der Waals surface area contributed by atoms with Gasteiger partial charge in [0.2, 0.25) is 5.91 Å².